The number of benzene rings is 1. The summed E-state index contributed by atoms with van der Waals surface area (Å²) in [5.41, 5.74) is -0.913. The first-order valence-electron chi connectivity index (χ1n) is 7.76. The minimum atomic E-state index is -1.21. The molecule has 0 amide bonds. The lowest BCUT2D eigenvalue weighted by Crippen LogP contribution is -2.31. The second-order valence-corrected chi connectivity index (χ2v) is 7.12. The zero-order valence-corrected chi connectivity index (χ0v) is 16.4. The SMILES string of the molecule is CC(C(=O)O)n1cnc2c(c(Nc3ccc(I)cc3F)cc(=O)n2C)c1=O. The summed E-state index contributed by atoms with van der Waals surface area (Å²) in [5.74, 6) is -1.76. The minimum Gasteiger partial charge on any atom is -0.480 e. The van der Waals surface area contributed by atoms with Gasteiger partial charge in [0, 0.05) is 16.7 Å². The number of rotatable bonds is 4. The van der Waals surface area contributed by atoms with Crippen molar-refractivity contribution >= 4 is 51.0 Å². The smallest absolute Gasteiger partial charge is 0.326 e. The van der Waals surface area contributed by atoms with Crippen LogP contribution in [0.4, 0.5) is 15.8 Å². The van der Waals surface area contributed by atoms with E-state index >= 15 is 0 Å². The molecular weight excluding hydrogens is 470 g/mol. The molecule has 140 valence electrons. The number of carbonyl (C=O) groups is 1. The molecular formula is C17H14FIN4O4. The summed E-state index contributed by atoms with van der Waals surface area (Å²) in [5, 5.41) is 11.9. The summed E-state index contributed by atoms with van der Waals surface area (Å²) in [6.07, 6.45) is 1.08. The van der Waals surface area contributed by atoms with Crippen LogP contribution >= 0.6 is 22.6 Å². The van der Waals surface area contributed by atoms with Crippen LogP contribution < -0.4 is 16.4 Å². The van der Waals surface area contributed by atoms with Crippen LogP contribution in [0, 0.1) is 9.39 Å². The highest BCUT2D eigenvalue weighted by Gasteiger charge is 2.20. The largest absolute Gasteiger partial charge is 0.480 e. The Morgan fingerprint density at radius 2 is 2.00 bits per heavy atom. The lowest BCUT2D eigenvalue weighted by molar-refractivity contribution is -0.140. The Morgan fingerprint density at radius 3 is 2.63 bits per heavy atom. The van der Waals surface area contributed by atoms with Crippen molar-refractivity contribution in [2.75, 3.05) is 5.32 Å². The fraction of sp³-hybridized carbons (Fsp3) is 0.176. The van der Waals surface area contributed by atoms with Crippen molar-refractivity contribution in [1.82, 2.24) is 14.1 Å². The van der Waals surface area contributed by atoms with Crippen LogP contribution in [-0.2, 0) is 11.8 Å². The average molecular weight is 484 g/mol. The number of aliphatic carboxylic acids is 1. The Bertz CT molecular complexity index is 1190. The van der Waals surface area contributed by atoms with Gasteiger partial charge in [0.15, 0.2) is 5.65 Å². The number of fused-ring (bicyclic) bond motifs is 1. The van der Waals surface area contributed by atoms with Gasteiger partial charge in [0.1, 0.15) is 23.6 Å². The lowest BCUT2D eigenvalue weighted by atomic mass is 10.2. The van der Waals surface area contributed by atoms with E-state index in [1.807, 2.05) is 22.6 Å². The lowest BCUT2D eigenvalue weighted by Gasteiger charge is -2.15. The van der Waals surface area contributed by atoms with Crippen molar-refractivity contribution in [2.45, 2.75) is 13.0 Å². The van der Waals surface area contributed by atoms with Gasteiger partial charge in [-0.05, 0) is 47.7 Å². The molecule has 3 rings (SSSR count). The van der Waals surface area contributed by atoms with Crippen LogP contribution in [0.5, 0.6) is 0 Å². The molecule has 0 aliphatic carbocycles. The van der Waals surface area contributed by atoms with Crippen LogP contribution in [0.15, 0.2) is 40.2 Å². The average Bonchev–Trinajstić information content (AvgIpc) is 2.60. The van der Waals surface area contributed by atoms with Crippen molar-refractivity contribution in [3.63, 3.8) is 0 Å². The molecule has 1 unspecified atom stereocenters. The molecule has 1 atom stereocenters. The van der Waals surface area contributed by atoms with Crippen molar-refractivity contribution < 1.29 is 14.3 Å². The van der Waals surface area contributed by atoms with Gasteiger partial charge in [0.05, 0.1) is 11.4 Å². The molecule has 0 aliphatic rings. The highest BCUT2D eigenvalue weighted by atomic mass is 127. The topological polar surface area (TPSA) is 106 Å². The van der Waals surface area contributed by atoms with E-state index in [0.717, 1.165) is 17.0 Å². The molecule has 0 spiro atoms. The molecule has 3 aromatic rings. The van der Waals surface area contributed by atoms with E-state index in [9.17, 15) is 23.9 Å². The maximum absolute atomic E-state index is 14.2. The van der Waals surface area contributed by atoms with E-state index in [-0.39, 0.29) is 22.4 Å². The number of carboxylic acid groups (broad SMARTS) is 1. The zero-order valence-electron chi connectivity index (χ0n) is 14.2. The third-order valence-electron chi connectivity index (χ3n) is 4.14. The number of nitrogens with one attached hydrogen (secondary N) is 1. The van der Waals surface area contributed by atoms with E-state index in [0.29, 0.717) is 3.57 Å². The molecule has 8 nitrogen and oxygen atoms in total. The number of nitrogens with zero attached hydrogens (tertiary/aromatic N) is 3. The maximum Gasteiger partial charge on any atom is 0.326 e. The third-order valence-corrected chi connectivity index (χ3v) is 4.81. The fourth-order valence-corrected chi connectivity index (χ4v) is 3.03. The van der Waals surface area contributed by atoms with Gasteiger partial charge in [-0.3, -0.25) is 18.7 Å². The summed E-state index contributed by atoms with van der Waals surface area (Å²) >= 11 is 1.96. The normalized spacial score (nSPS) is 12.1. The molecule has 2 aromatic heterocycles. The minimum absolute atomic E-state index is 0.00866. The Kier molecular flexibility index (Phi) is 5.00. The first-order valence-corrected chi connectivity index (χ1v) is 8.84. The van der Waals surface area contributed by atoms with Crippen LogP contribution in [-0.4, -0.2) is 25.2 Å². The second kappa shape index (κ2) is 7.10. The summed E-state index contributed by atoms with van der Waals surface area (Å²) in [4.78, 5) is 40.4. The number of hydrogen-bond acceptors (Lipinski definition) is 5. The highest BCUT2D eigenvalue weighted by Crippen LogP contribution is 2.24. The molecule has 2 N–H and O–H groups in total. The maximum atomic E-state index is 14.2. The number of aromatic nitrogens is 3. The van der Waals surface area contributed by atoms with Gasteiger partial charge >= 0.3 is 5.97 Å². The number of anilines is 2. The molecule has 27 heavy (non-hydrogen) atoms. The molecule has 0 saturated heterocycles. The van der Waals surface area contributed by atoms with E-state index < -0.39 is 28.9 Å². The first-order chi connectivity index (χ1) is 12.7. The number of halogens is 2. The van der Waals surface area contributed by atoms with E-state index in [1.165, 1.54) is 30.7 Å². The quantitative estimate of drug-likeness (QED) is 0.551. The molecule has 0 aliphatic heterocycles. The van der Waals surface area contributed by atoms with Gasteiger partial charge in [0.2, 0.25) is 0 Å². The first kappa shape index (κ1) is 19.0. The zero-order chi connectivity index (χ0) is 19.9. The van der Waals surface area contributed by atoms with Gasteiger partial charge in [-0.25, -0.2) is 14.2 Å². The van der Waals surface area contributed by atoms with Gasteiger partial charge in [-0.15, -0.1) is 0 Å². The molecule has 0 saturated carbocycles. The number of hydrogen-bond donors (Lipinski definition) is 2. The molecule has 0 fully saturated rings. The van der Waals surface area contributed by atoms with Crippen LogP contribution in [0.3, 0.4) is 0 Å². The summed E-state index contributed by atoms with van der Waals surface area (Å²) < 4.78 is 17.0. The van der Waals surface area contributed by atoms with E-state index in [2.05, 4.69) is 10.3 Å². The van der Waals surface area contributed by atoms with Crippen molar-refractivity contribution in [1.29, 1.82) is 0 Å². The number of aryl methyl sites for hydroxylation is 1. The van der Waals surface area contributed by atoms with Gasteiger partial charge in [-0.1, -0.05) is 0 Å². The molecule has 0 radical (unpaired) electrons. The predicted molar refractivity (Wildman–Crippen MR) is 106 cm³/mol. The highest BCUT2D eigenvalue weighted by molar-refractivity contribution is 14.1. The second-order valence-electron chi connectivity index (χ2n) is 5.87. The molecule has 1 aromatic carbocycles. The number of carboxylic acids is 1. The Labute approximate surface area is 165 Å². The van der Waals surface area contributed by atoms with E-state index in [4.69, 9.17) is 0 Å². The molecule has 2 heterocycles. The monoisotopic (exact) mass is 484 g/mol. The summed E-state index contributed by atoms with van der Waals surface area (Å²) in [7, 11) is 1.44. The van der Waals surface area contributed by atoms with Crippen LogP contribution in [0.1, 0.15) is 13.0 Å². The summed E-state index contributed by atoms with van der Waals surface area (Å²) in [6.45, 7) is 1.34. The number of pyridine rings is 1. The Hall–Kier alpha value is -2.76. The Morgan fingerprint density at radius 1 is 1.30 bits per heavy atom. The fourth-order valence-electron chi connectivity index (χ4n) is 2.57. The molecule has 0 bridgehead atoms. The van der Waals surface area contributed by atoms with Crippen LogP contribution in [0.2, 0.25) is 0 Å². The van der Waals surface area contributed by atoms with Crippen molar-refractivity contribution in [3.8, 4) is 0 Å². The van der Waals surface area contributed by atoms with Crippen molar-refractivity contribution in [3.05, 3.63) is 60.7 Å². The van der Waals surface area contributed by atoms with Gasteiger partial charge in [0.25, 0.3) is 11.1 Å². The molecule has 10 heteroatoms. The summed E-state index contributed by atoms with van der Waals surface area (Å²) in [6, 6.07) is 4.44. The third kappa shape index (κ3) is 3.44. The van der Waals surface area contributed by atoms with Crippen LogP contribution in [0.25, 0.3) is 11.0 Å². The van der Waals surface area contributed by atoms with Gasteiger partial charge in [-0.2, -0.15) is 0 Å². The van der Waals surface area contributed by atoms with E-state index in [1.54, 1.807) is 6.07 Å². The van der Waals surface area contributed by atoms with Crippen molar-refractivity contribution in [2.24, 2.45) is 7.05 Å². The standard InChI is InChI=1S/C17H14FIN4O4/c1-8(17(26)27)23-7-20-15-14(16(23)25)12(6-13(24)22(15)2)21-11-4-3-9(19)5-10(11)18/h3-8,21H,1-2H3,(H,26,27). The Balaban J connectivity index is 2.29. The predicted octanol–water partition coefficient (Wildman–Crippen LogP) is 2.23. The van der Waals surface area contributed by atoms with Gasteiger partial charge < -0.3 is 10.4 Å².